The molecule has 0 N–H and O–H groups in total. The number of hydrogen-bond donors (Lipinski definition) is 0. The zero-order valence-corrected chi connectivity index (χ0v) is 6.55. The Hall–Kier alpha value is -0.120. The quantitative estimate of drug-likeness (QED) is 0.584. The highest BCUT2D eigenvalue weighted by molar-refractivity contribution is 4.53. The maximum atomic E-state index is 5.26. The molecule has 0 radical (unpaired) electrons. The van der Waals surface area contributed by atoms with Crippen LogP contribution in [0.25, 0.3) is 0 Å². The van der Waals surface area contributed by atoms with Crippen LogP contribution in [0.15, 0.2) is 0 Å². The zero-order chi connectivity index (χ0) is 7.45. The first-order chi connectivity index (χ1) is 4.77. The fourth-order valence-corrected chi connectivity index (χ4v) is 0.961. The molecule has 0 bridgehead atoms. The summed E-state index contributed by atoms with van der Waals surface area (Å²) >= 11 is 0. The lowest BCUT2D eigenvalue weighted by Crippen LogP contribution is -2.40. The highest BCUT2D eigenvalue weighted by atomic mass is 16.9. The molecule has 1 fully saturated rings. The molecule has 1 rings (SSSR count). The van der Waals surface area contributed by atoms with Gasteiger partial charge in [-0.05, 0) is 13.3 Å². The van der Waals surface area contributed by atoms with E-state index in [9.17, 15) is 0 Å². The van der Waals surface area contributed by atoms with Crippen LogP contribution in [0.1, 0.15) is 20.3 Å². The van der Waals surface area contributed by atoms with Crippen molar-refractivity contribution in [1.82, 2.24) is 0 Å². The minimum atomic E-state index is -0.771. The highest BCUT2D eigenvalue weighted by Gasteiger charge is 2.28. The molecular formula is C7H14O3. The van der Waals surface area contributed by atoms with E-state index in [1.807, 2.05) is 6.92 Å². The van der Waals surface area contributed by atoms with Crippen LogP contribution >= 0.6 is 0 Å². The monoisotopic (exact) mass is 146 g/mol. The summed E-state index contributed by atoms with van der Waals surface area (Å²) < 4.78 is 15.7. The normalized spacial score (nSPS) is 24.6. The van der Waals surface area contributed by atoms with Gasteiger partial charge in [-0.25, -0.2) is 0 Å². The largest absolute Gasteiger partial charge is 0.328 e. The summed E-state index contributed by atoms with van der Waals surface area (Å²) in [6.45, 7) is 5.81. The van der Waals surface area contributed by atoms with Gasteiger partial charge in [0.15, 0.2) is 0 Å². The van der Waals surface area contributed by atoms with Crippen LogP contribution in [0.4, 0.5) is 0 Å². The molecule has 0 aromatic rings. The van der Waals surface area contributed by atoms with Crippen LogP contribution in [0.3, 0.4) is 0 Å². The molecule has 0 amide bonds. The summed E-state index contributed by atoms with van der Waals surface area (Å²) in [6, 6.07) is 0. The molecule has 0 aromatic carbocycles. The topological polar surface area (TPSA) is 27.7 Å². The Labute approximate surface area is 61.3 Å². The maximum Gasteiger partial charge on any atom is 0.279 e. The minimum absolute atomic E-state index is 0.622. The van der Waals surface area contributed by atoms with Crippen molar-refractivity contribution in [2.24, 2.45) is 0 Å². The molecule has 1 heterocycles. The molecule has 3 nitrogen and oxygen atoms in total. The van der Waals surface area contributed by atoms with E-state index in [2.05, 4.69) is 0 Å². The van der Waals surface area contributed by atoms with Gasteiger partial charge < -0.3 is 14.2 Å². The predicted octanol–water partition coefficient (Wildman–Crippen LogP) is 1.13. The van der Waals surface area contributed by atoms with E-state index in [0.717, 1.165) is 19.6 Å². The number of hydrogen-bond acceptors (Lipinski definition) is 3. The Morgan fingerprint density at radius 3 is 2.50 bits per heavy atom. The average Bonchev–Trinajstić information content (AvgIpc) is 1.89. The van der Waals surface area contributed by atoms with Crippen LogP contribution < -0.4 is 0 Å². The zero-order valence-electron chi connectivity index (χ0n) is 6.55. The Kier molecular flexibility index (Phi) is 2.65. The number of rotatable bonds is 2. The lowest BCUT2D eigenvalue weighted by atomic mass is 10.4. The molecule has 60 valence electrons. The third kappa shape index (κ3) is 1.94. The van der Waals surface area contributed by atoms with Gasteiger partial charge in [-0.1, -0.05) is 0 Å². The van der Waals surface area contributed by atoms with Crippen LogP contribution in [-0.4, -0.2) is 25.8 Å². The lowest BCUT2D eigenvalue weighted by molar-refractivity contribution is -0.387. The standard InChI is InChI=1S/C7H14O3/c1-3-8-7(2)9-5-4-6-10-7/h3-6H2,1-2H3. The molecule has 1 aliphatic rings. The van der Waals surface area contributed by atoms with Crippen molar-refractivity contribution in [2.75, 3.05) is 19.8 Å². The number of ether oxygens (including phenoxy) is 3. The van der Waals surface area contributed by atoms with E-state index >= 15 is 0 Å². The smallest absolute Gasteiger partial charge is 0.279 e. The highest BCUT2D eigenvalue weighted by Crippen LogP contribution is 2.18. The summed E-state index contributed by atoms with van der Waals surface area (Å²) in [6.07, 6.45) is 0.961. The average molecular weight is 146 g/mol. The van der Waals surface area contributed by atoms with Crippen molar-refractivity contribution in [2.45, 2.75) is 26.2 Å². The van der Waals surface area contributed by atoms with E-state index < -0.39 is 5.97 Å². The van der Waals surface area contributed by atoms with Crippen molar-refractivity contribution in [1.29, 1.82) is 0 Å². The summed E-state index contributed by atoms with van der Waals surface area (Å²) in [5.41, 5.74) is 0. The fourth-order valence-electron chi connectivity index (χ4n) is 0.961. The third-order valence-corrected chi connectivity index (χ3v) is 1.42. The molecular weight excluding hydrogens is 132 g/mol. The summed E-state index contributed by atoms with van der Waals surface area (Å²) in [4.78, 5) is 0. The molecule has 0 aromatic heterocycles. The third-order valence-electron chi connectivity index (χ3n) is 1.42. The van der Waals surface area contributed by atoms with Crippen LogP contribution in [0.5, 0.6) is 0 Å². The van der Waals surface area contributed by atoms with E-state index in [-0.39, 0.29) is 0 Å². The second-order valence-electron chi connectivity index (χ2n) is 2.35. The Morgan fingerprint density at radius 2 is 2.00 bits per heavy atom. The summed E-state index contributed by atoms with van der Waals surface area (Å²) in [5.74, 6) is -0.771. The lowest BCUT2D eigenvalue weighted by Gasteiger charge is -2.32. The van der Waals surface area contributed by atoms with Gasteiger partial charge >= 0.3 is 0 Å². The summed E-state index contributed by atoms with van der Waals surface area (Å²) in [5, 5.41) is 0. The minimum Gasteiger partial charge on any atom is -0.328 e. The van der Waals surface area contributed by atoms with Gasteiger partial charge in [-0.2, -0.15) is 0 Å². The van der Waals surface area contributed by atoms with Gasteiger partial charge in [0, 0.05) is 13.5 Å². The molecule has 1 aliphatic heterocycles. The van der Waals surface area contributed by atoms with Crippen molar-refractivity contribution in [3.8, 4) is 0 Å². The van der Waals surface area contributed by atoms with E-state index in [4.69, 9.17) is 14.2 Å². The fraction of sp³-hybridized carbons (Fsp3) is 1.00. The van der Waals surface area contributed by atoms with Gasteiger partial charge in [0.2, 0.25) is 0 Å². The van der Waals surface area contributed by atoms with Crippen LogP contribution in [-0.2, 0) is 14.2 Å². The van der Waals surface area contributed by atoms with Crippen LogP contribution in [0.2, 0.25) is 0 Å². The molecule has 1 saturated heterocycles. The van der Waals surface area contributed by atoms with Gasteiger partial charge in [0.05, 0.1) is 13.2 Å². The molecule has 3 heteroatoms. The predicted molar refractivity (Wildman–Crippen MR) is 36.6 cm³/mol. The molecule has 0 atom stereocenters. The van der Waals surface area contributed by atoms with Gasteiger partial charge in [0.1, 0.15) is 0 Å². The SMILES string of the molecule is CCOC1(C)OCCCO1. The van der Waals surface area contributed by atoms with E-state index in [1.165, 1.54) is 0 Å². The molecule has 0 aliphatic carbocycles. The molecule has 0 spiro atoms. The van der Waals surface area contributed by atoms with E-state index in [1.54, 1.807) is 6.92 Å². The second kappa shape index (κ2) is 3.32. The second-order valence-corrected chi connectivity index (χ2v) is 2.35. The van der Waals surface area contributed by atoms with Crippen molar-refractivity contribution in [3.05, 3.63) is 0 Å². The first kappa shape index (κ1) is 7.98. The first-order valence-corrected chi connectivity index (χ1v) is 3.69. The van der Waals surface area contributed by atoms with Crippen LogP contribution in [0, 0.1) is 0 Å². The van der Waals surface area contributed by atoms with Crippen molar-refractivity contribution in [3.63, 3.8) is 0 Å². The molecule has 0 unspecified atom stereocenters. The Balaban J connectivity index is 2.32. The first-order valence-electron chi connectivity index (χ1n) is 3.69. The maximum absolute atomic E-state index is 5.26. The Bertz CT molecular complexity index is 91.5. The Morgan fingerprint density at radius 1 is 1.40 bits per heavy atom. The van der Waals surface area contributed by atoms with E-state index in [0.29, 0.717) is 6.61 Å². The van der Waals surface area contributed by atoms with Gasteiger partial charge in [-0.3, -0.25) is 0 Å². The van der Waals surface area contributed by atoms with Gasteiger partial charge in [-0.15, -0.1) is 0 Å². The molecule has 0 saturated carbocycles. The van der Waals surface area contributed by atoms with Crippen molar-refractivity contribution < 1.29 is 14.2 Å². The molecule has 10 heavy (non-hydrogen) atoms. The van der Waals surface area contributed by atoms with Crippen molar-refractivity contribution >= 4 is 0 Å². The summed E-state index contributed by atoms with van der Waals surface area (Å²) in [7, 11) is 0. The van der Waals surface area contributed by atoms with Gasteiger partial charge in [0.25, 0.3) is 5.97 Å².